The molecule has 0 amide bonds. The van der Waals surface area contributed by atoms with Crippen LogP contribution in [0.4, 0.5) is 0 Å². The molecule has 0 N–H and O–H groups in total. The first-order valence-corrected chi connectivity index (χ1v) is 7.57. The molecular weight excluding hydrogens is 172 g/mol. The summed E-state index contributed by atoms with van der Waals surface area (Å²) in [7, 11) is 0.0129. The second-order valence-corrected chi connectivity index (χ2v) is 8.15. The third kappa shape index (κ3) is 7.75. The van der Waals surface area contributed by atoms with Gasteiger partial charge in [-0.25, -0.2) is 0 Å². The quantitative estimate of drug-likeness (QED) is 0.377. The fourth-order valence-electron chi connectivity index (χ4n) is 0.697. The zero-order valence-corrected chi connectivity index (χ0v) is 9.35. The van der Waals surface area contributed by atoms with Crippen molar-refractivity contribution < 1.29 is 14.0 Å². The Morgan fingerprint density at radius 3 is 2.33 bits per heavy atom. The zero-order chi connectivity index (χ0) is 9.61. The molecule has 0 radical (unpaired) electrons. The van der Waals surface area contributed by atoms with Crippen molar-refractivity contribution in [3.05, 3.63) is 0 Å². The van der Waals surface area contributed by atoms with Crippen LogP contribution in [-0.2, 0) is 14.0 Å². The first-order chi connectivity index (χ1) is 5.45. The van der Waals surface area contributed by atoms with Crippen molar-refractivity contribution in [2.24, 2.45) is 0 Å². The molecule has 0 aromatic heterocycles. The van der Waals surface area contributed by atoms with Crippen molar-refractivity contribution in [1.82, 2.24) is 0 Å². The molecule has 12 heavy (non-hydrogen) atoms. The van der Waals surface area contributed by atoms with E-state index in [0.717, 1.165) is 6.42 Å². The molecule has 4 heteroatoms. The van der Waals surface area contributed by atoms with E-state index in [9.17, 15) is 4.79 Å². The number of methoxy groups -OCH3 is 1. The predicted octanol–water partition coefficient (Wildman–Crippen LogP) is 1.79. The molecule has 0 spiro atoms. The van der Waals surface area contributed by atoms with E-state index in [4.69, 9.17) is 4.43 Å². The van der Waals surface area contributed by atoms with Crippen LogP contribution in [0.3, 0.4) is 0 Å². The van der Waals surface area contributed by atoms with Gasteiger partial charge in [-0.2, -0.15) is 0 Å². The number of esters is 1. The summed E-state index contributed by atoms with van der Waals surface area (Å²) < 4.78 is 10.1. The summed E-state index contributed by atoms with van der Waals surface area (Å²) in [4.78, 5) is 10.7. The van der Waals surface area contributed by atoms with Crippen molar-refractivity contribution in [1.29, 1.82) is 0 Å². The number of hydrogen-bond acceptors (Lipinski definition) is 3. The van der Waals surface area contributed by atoms with Gasteiger partial charge < -0.3 is 9.16 Å². The van der Waals surface area contributed by atoms with Crippen LogP contribution >= 0.6 is 0 Å². The smallest absolute Gasteiger partial charge is 0.305 e. The zero-order valence-electron chi connectivity index (χ0n) is 8.35. The van der Waals surface area contributed by atoms with E-state index in [-0.39, 0.29) is 5.97 Å². The van der Waals surface area contributed by atoms with Crippen LogP contribution in [-0.4, -0.2) is 28.0 Å². The number of hydrogen-bond donors (Lipinski definition) is 0. The number of carbonyl (C=O) groups excluding carboxylic acids is 1. The van der Waals surface area contributed by atoms with Gasteiger partial charge in [0.25, 0.3) is 0 Å². The molecule has 72 valence electrons. The van der Waals surface area contributed by atoms with E-state index < -0.39 is 8.32 Å². The minimum absolute atomic E-state index is 0.158. The van der Waals surface area contributed by atoms with Gasteiger partial charge in [0.05, 0.1) is 7.11 Å². The largest absolute Gasteiger partial charge is 0.469 e. The maximum absolute atomic E-state index is 10.7. The SMILES string of the molecule is COC(=O)CCCO[Si](C)(C)C. The van der Waals surface area contributed by atoms with E-state index >= 15 is 0 Å². The molecule has 0 heterocycles. The lowest BCUT2D eigenvalue weighted by Gasteiger charge is -2.16. The molecular formula is C8H18O3Si. The lowest BCUT2D eigenvalue weighted by Crippen LogP contribution is -2.25. The molecule has 0 aromatic rings. The Bertz CT molecular complexity index is 140. The van der Waals surface area contributed by atoms with Crippen LogP contribution in [0.25, 0.3) is 0 Å². The highest BCUT2D eigenvalue weighted by Crippen LogP contribution is 2.04. The molecule has 0 bridgehead atoms. The van der Waals surface area contributed by atoms with E-state index in [1.807, 2.05) is 0 Å². The summed E-state index contributed by atoms with van der Waals surface area (Å²) in [6.07, 6.45) is 1.22. The first-order valence-electron chi connectivity index (χ1n) is 4.16. The highest BCUT2D eigenvalue weighted by Gasteiger charge is 2.13. The Hall–Kier alpha value is -0.353. The molecule has 0 aliphatic rings. The molecule has 0 saturated carbocycles. The van der Waals surface area contributed by atoms with Crippen molar-refractivity contribution in [2.75, 3.05) is 13.7 Å². The first kappa shape index (κ1) is 11.6. The van der Waals surface area contributed by atoms with Crippen LogP contribution in [0.15, 0.2) is 0 Å². The highest BCUT2D eigenvalue weighted by molar-refractivity contribution is 6.69. The normalized spacial score (nSPS) is 11.3. The van der Waals surface area contributed by atoms with E-state index in [2.05, 4.69) is 24.4 Å². The molecule has 0 aromatic carbocycles. The number of carbonyl (C=O) groups is 1. The van der Waals surface area contributed by atoms with Gasteiger partial charge in [-0.05, 0) is 26.1 Å². The van der Waals surface area contributed by atoms with Crippen LogP contribution in [0, 0.1) is 0 Å². The van der Waals surface area contributed by atoms with Gasteiger partial charge in [-0.3, -0.25) is 4.79 Å². The fraction of sp³-hybridized carbons (Fsp3) is 0.875. The van der Waals surface area contributed by atoms with Crippen LogP contribution < -0.4 is 0 Å². The van der Waals surface area contributed by atoms with Gasteiger partial charge in [0.1, 0.15) is 0 Å². The average Bonchev–Trinajstić information content (AvgIpc) is 1.96. The van der Waals surface area contributed by atoms with Gasteiger partial charge in [0.15, 0.2) is 8.32 Å². The summed E-state index contributed by atoms with van der Waals surface area (Å²) in [5, 5.41) is 0. The van der Waals surface area contributed by atoms with Crippen LogP contribution in [0.1, 0.15) is 12.8 Å². The second-order valence-electron chi connectivity index (χ2n) is 3.64. The van der Waals surface area contributed by atoms with Gasteiger partial charge in [-0.1, -0.05) is 0 Å². The summed E-state index contributed by atoms with van der Waals surface area (Å²) in [5.74, 6) is -0.158. The predicted molar refractivity (Wildman–Crippen MR) is 50.5 cm³/mol. The lowest BCUT2D eigenvalue weighted by molar-refractivity contribution is -0.140. The Morgan fingerprint density at radius 1 is 1.33 bits per heavy atom. The third-order valence-electron chi connectivity index (χ3n) is 1.29. The Balaban J connectivity index is 3.28. The van der Waals surface area contributed by atoms with Crippen molar-refractivity contribution in [2.45, 2.75) is 32.5 Å². The molecule has 0 saturated heterocycles. The maximum Gasteiger partial charge on any atom is 0.305 e. The Morgan fingerprint density at radius 2 is 1.92 bits per heavy atom. The van der Waals surface area contributed by atoms with Gasteiger partial charge in [0, 0.05) is 13.0 Å². The fourth-order valence-corrected chi connectivity index (χ4v) is 1.45. The minimum atomic E-state index is -1.39. The molecule has 3 nitrogen and oxygen atoms in total. The number of rotatable bonds is 5. The summed E-state index contributed by atoms with van der Waals surface area (Å²) in [5.41, 5.74) is 0. The van der Waals surface area contributed by atoms with Crippen LogP contribution in [0.5, 0.6) is 0 Å². The maximum atomic E-state index is 10.7. The van der Waals surface area contributed by atoms with E-state index in [1.54, 1.807) is 0 Å². The third-order valence-corrected chi connectivity index (χ3v) is 2.36. The van der Waals surface area contributed by atoms with E-state index in [1.165, 1.54) is 7.11 Å². The van der Waals surface area contributed by atoms with Gasteiger partial charge in [-0.15, -0.1) is 0 Å². The topological polar surface area (TPSA) is 35.5 Å². The van der Waals surface area contributed by atoms with Crippen molar-refractivity contribution in [3.63, 3.8) is 0 Å². The molecule has 0 atom stereocenters. The second kappa shape index (κ2) is 5.32. The van der Waals surface area contributed by atoms with Crippen molar-refractivity contribution >= 4 is 14.3 Å². The molecule has 0 unspecified atom stereocenters. The molecule has 0 rings (SSSR count). The van der Waals surface area contributed by atoms with Crippen molar-refractivity contribution in [3.8, 4) is 0 Å². The monoisotopic (exact) mass is 190 g/mol. The Kier molecular flexibility index (Phi) is 5.16. The summed E-state index contributed by atoms with van der Waals surface area (Å²) >= 11 is 0. The number of ether oxygens (including phenoxy) is 1. The standard InChI is InChI=1S/C8H18O3Si/c1-10-8(9)6-5-7-11-12(2,3)4/h5-7H2,1-4H3. The van der Waals surface area contributed by atoms with Gasteiger partial charge in [0.2, 0.25) is 0 Å². The average molecular weight is 190 g/mol. The molecule has 0 aliphatic heterocycles. The van der Waals surface area contributed by atoms with E-state index in [0.29, 0.717) is 13.0 Å². The Labute approximate surface area is 75.2 Å². The molecule has 0 aliphatic carbocycles. The lowest BCUT2D eigenvalue weighted by atomic mass is 10.3. The summed E-state index contributed by atoms with van der Waals surface area (Å²) in [6.45, 7) is 7.06. The molecule has 0 fully saturated rings. The van der Waals surface area contributed by atoms with Crippen LogP contribution in [0.2, 0.25) is 19.6 Å². The van der Waals surface area contributed by atoms with Gasteiger partial charge >= 0.3 is 5.97 Å². The minimum Gasteiger partial charge on any atom is -0.469 e. The summed E-state index contributed by atoms with van der Waals surface area (Å²) in [6, 6.07) is 0. The highest BCUT2D eigenvalue weighted by atomic mass is 28.4.